The van der Waals surface area contributed by atoms with E-state index in [-0.39, 0.29) is 17.5 Å². The molecule has 10 atom stereocenters. The van der Waals surface area contributed by atoms with Crippen LogP contribution in [0.1, 0.15) is 127 Å². The summed E-state index contributed by atoms with van der Waals surface area (Å²) in [6.07, 6.45) is 14.9. The molecule has 5 aliphatic rings. The van der Waals surface area contributed by atoms with Crippen LogP contribution >= 0.6 is 0 Å². The van der Waals surface area contributed by atoms with Gasteiger partial charge >= 0.3 is 5.97 Å². The fraction of sp³-hybridized carbons (Fsp3) is 0.857. The first-order valence-corrected chi connectivity index (χ1v) is 15.7. The first-order valence-electron chi connectivity index (χ1n) is 15.7. The third-order valence-electron chi connectivity index (χ3n) is 14.5. The van der Waals surface area contributed by atoms with Gasteiger partial charge in [0.2, 0.25) is 0 Å². The van der Waals surface area contributed by atoms with Crippen molar-refractivity contribution in [1.29, 1.82) is 0 Å². The van der Waals surface area contributed by atoms with E-state index < -0.39 is 0 Å². The van der Waals surface area contributed by atoms with Crippen molar-refractivity contribution < 1.29 is 9.53 Å². The van der Waals surface area contributed by atoms with Crippen molar-refractivity contribution in [1.82, 2.24) is 0 Å². The number of allylic oxidation sites excluding steroid dienone is 2. The summed E-state index contributed by atoms with van der Waals surface area (Å²) < 4.78 is 6.20. The van der Waals surface area contributed by atoms with Crippen LogP contribution in [0.3, 0.4) is 0 Å². The molecule has 0 N–H and O–H groups in total. The van der Waals surface area contributed by atoms with E-state index in [1.54, 1.807) is 0 Å². The van der Waals surface area contributed by atoms with Crippen molar-refractivity contribution in [3.8, 4) is 0 Å². The van der Waals surface area contributed by atoms with Crippen molar-refractivity contribution in [3.63, 3.8) is 0 Å². The number of fused-ring (bicyclic) bond motifs is 7. The van der Waals surface area contributed by atoms with Crippen LogP contribution in [-0.2, 0) is 9.53 Å². The Labute approximate surface area is 228 Å². The van der Waals surface area contributed by atoms with Crippen LogP contribution in [0.5, 0.6) is 0 Å². The highest BCUT2D eigenvalue weighted by Crippen LogP contribution is 2.77. The van der Waals surface area contributed by atoms with Gasteiger partial charge in [0.1, 0.15) is 6.10 Å². The maximum Gasteiger partial charge on any atom is 0.333 e. The molecule has 0 aromatic carbocycles. The zero-order valence-corrected chi connectivity index (χ0v) is 25.6. The van der Waals surface area contributed by atoms with Gasteiger partial charge in [-0.05, 0) is 129 Å². The van der Waals surface area contributed by atoms with Gasteiger partial charge in [0.05, 0.1) is 0 Å². The molecule has 208 valence electrons. The lowest BCUT2D eigenvalue weighted by Crippen LogP contribution is -2.67. The Hall–Kier alpha value is -1.05. The molecule has 0 spiro atoms. The molecule has 0 aromatic heterocycles. The van der Waals surface area contributed by atoms with E-state index in [9.17, 15) is 4.79 Å². The Morgan fingerprint density at radius 1 is 0.892 bits per heavy atom. The molecule has 37 heavy (non-hydrogen) atoms. The minimum absolute atomic E-state index is 0.0104. The minimum Gasteiger partial charge on any atom is -0.458 e. The molecule has 0 heterocycles. The second-order valence-corrected chi connectivity index (χ2v) is 16.0. The smallest absolute Gasteiger partial charge is 0.333 e. The summed E-state index contributed by atoms with van der Waals surface area (Å²) in [6, 6.07) is 0. The van der Waals surface area contributed by atoms with Crippen LogP contribution in [0.15, 0.2) is 23.8 Å². The van der Waals surface area contributed by atoms with E-state index in [1.807, 2.05) is 19.9 Å². The van der Waals surface area contributed by atoms with Crippen molar-refractivity contribution in [2.45, 2.75) is 133 Å². The second-order valence-electron chi connectivity index (χ2n) is 16.0. The Kier molecular flexibility index (Phi) is 6.49. The fourth-order valence-electron chi connectivity index (χ4n) is 11.9. The number of hydrogen-bond donors (Lipinski definition) is 0. The van der Waals surface area contributed by atoms with Gasteiger partial charge in [-0.1, -0.05) is 66.7 Å². The third-order valence-corrected chi connectivity index (χ3v) is 14.5. The number of hydrogen-bond acceptors (Lipinski definition) is 2. The van der Waals surface area contributed by atoms with Gasteiger partial charge in [-0.15, -0.1) is 0 Å². The zero-order valence-electron chi connectivity index (χ0n) is 25.6. The lowest BCUT2D eigenvalue weighted by molar-refractivity contribution is -0.253. The van der Waals surface area contributed by atoms with Crippen molar-refractivity contribution in [2.24, 2.45) is 56.7 Å². The number of carbonyl (C=O) groups is 1. The first-order chi connectivity index (χ1) is 17.2. The van der Waals surface area contributed by atoms with Gasteiger partial charge in [-0.2, -0.15) is 0 Å². The molecule has 0 aromatic rings. The minimum atomic E-state index is -0.119. The summed E-state index contributed by atoms with van der Waals surface area (Å²) in [6.45, 7) is 26.5. The van der Waals surface area contributed by atoms with E-state index in [4.69, 9.17) is 4.74 Å². The summed E-state index contributed by atoms with van der Waals surface area (Å²) in [7, 11) is 0. The monoisotopic (exact) mass is 508 g/mol. The molecule has 5 saturated carbocycles. The standard InChI is InChI=1S/C35H56O2/c1-11-22(2)30(36)37-28-16-18-33(8)26(31(28,5)6)15-19-35(10)27(33)13-12-25-29-24(4)23(3)14-17-32(29,7)20-21-34(25,35)9/h11,24-29H,3,12-21H2,1-2,4-10H3/b22-11+/t24-,25-,26+,27-,28+,29-,32-,33+,34-,35-/m1/s1. The highest BCUT2D eigenvalue weighted by molar-refractivity contribution is 5.87. The maximum absolute atomic E-state index is 12.7. The van der Waals surface area contributed by atoms with E-state index in [0.29, 0.717) is 33.5 Å². The summed E-state index contributed by atoms with van der Waals surface area (Å²) in [4.78, 5) is 12.7. The van der Waals surface area contributed by atoms with Crippen LogP contribution in [0.4, 0.5) is 0 Å². The molecule has 5 fully saturated rings. The lowest BCUT2D eigenvalue weighted by Gasteiger charge is -2.73. The molecule has 5 rings (SSSR count). The van der Waals surface area contributed by atoms with Crippen molar-refractivity contribution >= 4 is 5.97 Å². The lowest BCUT2D eigenvalue weighted by atomic mass is 9.31. The van der Waals surface area contributed by atoms with E-state index in [1.165, 1.54) is 63.4 Å². The molecule has 0 amide bonds. The molecule has 0 radical (unpaired) electrons. The Bertz CT molecular complexity index is 989. The molecular weight excluding hydrogens is 452 g/mol. The molecule has 0 aliphatic heterocycles. The highest BCUT2D eigenvalue weighted by atomic mass is 16.5. The number of carbonyl (C=O) groups excluding carboxylic acids is 1. The number of rotatable bonds is 2. The van der Waals surface area contributed by atoms with Crippen molar-refractivity contribution in [2.75, 3.05) is 0 Å². The van der Waals surface area contributed by atoms with Gasteiger partial charge < -0.3 is 4.74 Å². The van der Waals surface area contributed by atoms with E-state index >= 15 is 0 Å². The predicted molar refractivity (Wildman–Crippen MR) is 154 cm³/mol. The van der Waals surface area contributed by atoms with Crippen LogP contribution < -0.4 is 0 Å². The Balaban J connectivity index is 1.46. The quantitative estimate of drug-likeness (QED) is 0.211. The summed E-state index contributed by atoms with van der Waals surface area (Å²) in [5.74, 6) is 3.55. The third kappa shape index (κ3) is 3.65. The van der Waals surface area contributed by atoms with Gasteiger partial charge in [-0.3, -0.25) is 0 Å². The molecule has 0 unspecified atom stereocenters. The normalized spacial score (nSPS) is 51.3. The van der Waals surface area contributed by atoms with E-state index in [2.05, 4.69) is 55.0 Å². The first kappa shape index (κ1) is 27.5. The van der Waals surface area contributed by atoms with Crippen LogP contribution in [0.25, 0.3) is 0 Å². The molecule has 2 nitrogen and oxygen atoms in total. The van der Waals surface area contributed by atoms with Crippen LogP contribution in [0, 0.1) is 56.7 Å². The Morgan fingerprint density at radius 2 is 1.59 bits per heavy atom. The van der Waals surface area contributed by atoms with Crippen LogP contribution in [-0.4, -0.2) is 12.1 Å². The van der Waals surface area contributed by atoms with Crippen molar-refractivity contribution in [3.05, 3.63) is 23.8 Å². The molecule has 2 heteroatoms. The molecule has 0 saturated heterocycles. The number of esters is 1. The van der Waals surface area contributed by atoms with Gasteiger partial charge in [0, 0.05) is 11.0 Å². The zero-order chi connectivity index (χ0) is 27.2. The average molecular weight is 509 g/mol. The van der Waals surface area contributed by atoms with Gasteiger partial charge in [0.15, 0.2) is 0 Å². The maximum atomic E-state index is 12.7. The largest absolute Gasteiger partial charge is 0.458 e. The topological polar surface area (TPSA) is 26.3 Å². The van der Waals surface area contributed by atoms with Gasteiger partial charge in [-0.25, -0.2) is 4.79 Å². The predicted octanol–water partition coefficient (Wildman–Crippen LogP) is 9.54. The molecule has 0 bridgehead atoms. The summed E-state index contributed by atoms with van der Waals surface area (Å²) in [5.41, 5.74) is 3.90. The summed E-state index contributed by atoms with van der Waals surface area (Å²) in [5, 5.41) is 0. The van der Waals surface area contributed by atoms with Crippen LogP contribution in [0.2, 0.25) is 0 Å². The summed E-state index contributed by atoms with van der Waals surface area (Å²) >= 11 is 0. The number of ether oxygens (including phenoxy) is 1. The Morgan fingerprint density at radius 3 is 2.27 bits per heavy atom. The second kappa shape index (κ2) is 8.72. The fourth-order valence-corrected chi connectivity index (χ4v) is 11.9. The molecular formula is C35H56O2. The molecule has 5 aliphatic carbocycles. The average Bonchev–Trinajstić information content (AvgIpc) is 2.83. The van der Waals surface area contributed by atoms with E-state index in [0.717, 1.165) is 29.7 Å². The highest BCUT2D eigenvalue weighted by Gasteiger charge is 2.70. The van der Waals surface area contributed by atoms with Gasteiger partial charge in [0.25, 0.3) is 0 Å². The SMILES string of the molecule is C=C1CC[C@]2(C)CC[C@]3(C)[C@H](CC[C@@H]4[C@@]5(C)CC[C@H](OC(=O)/C(C)=C/C)C(C)(C)[C@@H]5CC[C@]43C)[C@H]2[C@@H]1C.